The first-order chi connectivity index (χ1) is 9.83. The van der Waals surface area contributed by atoms with Gasteiger partial charge in [0.05, 0.1) is 13.2 Å². The highest BCUT2D eigenvalue weighted by Gasteiger charge is 2.21. The molecular formula is C18H23NO. The van der Waals surface area contributed by atoms with Gasteiger partial charge in [0.25, 0.3) is 0 Å². The van der Waals surface area contributed by atoms with Crippen LogP contribution in [0.15, 0.2) is 47.7 Å². The average molecular weight is 269 g/mol. The summed E-state index contributed by atoms with van der Waals surface area (Å²) in [4.78, 5) is 2.49. The van der Waals surface area contributed by atoms with Gasteiger partial charge in [-0.1, -0.05) is 43.3 Å². The second kappa shape index (κ2) is 6.27. The minimum atomic E-state index is 0.745. The van der Waals surface area contributed by atoms with Gasteiger partial charge in [0.2, 0.25) is 0 Å². The van der Waals surface area contributed by atoms with Gasteiger partial charge >= 0.3 is 0 Å². The quantitative estimate of drug-likeness (QED) is 0.811. The molecule has 0 amide bonds. The third-order valence-electron chi connectivity index (χ3n) is 4.10. The van der Waals surface area contributed by atoms with Crippen LogP contribution in [-0.4, -0.2) is 31.2 Å². The first kappa shape index (κ1) is 13.4. The minimum Gasteiger partial charge on any atom is -0.378 e. The molecule has 0 saturated carbocycles. The highest BCUT2D eigenvalue weighted by atomic mass is 16.5. The average Bonchev–Trinajstić information content (AvgIpc) is 2.49. The van der Waals surface area contributed by atoms with Crippen LogP contribution in [0.3, 0.4) is 0 Å². The maximum Gasteiger partial charge on any atom is 0.0642 e. The van der Waals surface area contributed by atoms with E-state index < -0.39 is 0 Å². The largest absolute Gasteiger partial charge is 0.378 e. The van der Waals surface area contributed by atoms with E-state index in [1.165, 1.54) is 29.7 Å². The SMILES string of the molecule is CC1CC=C(N2CCOCC2)/C(=C/c2ccccc2)C1. The molecule has 1 saturated heterocycles. The van der Waals surface area contributed by atoms with Gasteiger partial charge in [-0.3, -0.25) is 0 Å². The van der Waals surface area contributed by atoms with Crippen molar-refractivity contribution in [3.05, 3.63) is 53.2 Å². The molecule has 1 unspecified atom stereocenters. The summed E-state index contributed by atoms with van der Waals surface area (Å²) in [5.74, 6) is 0.745. The first-order valence-electron chi connectivity index (χ1n) is 7.62. The fourth-order valence-corrected chi connectivity index (χ4v) is 3.03. The maximum atomic E-state index is 5.48. The molecule has 1 aliphatic carbocycles. The van der Waals surface area contributed by atoms with Crippen molar-refractivity contribution < 1.29 is 4.74 Å². The molecule has 106 valence electrons. The molecule has 20 heavy (non-hydrogen) atoms. The predicted molar refractivity (Wildman–Crippen MR) is 83.3 cm³/mol. The monoisotopic (exact) mass is 269 g/mol. The fourth-order valence-electron chi connectivity index (χ4n) is 3.03. The van der Waals surface area contributed by atoms with Gasteiger partial charge in [-0.25, -0.2) is 0 Å². The lowest BCUT2D eigenvalue weighted by atomic mass is 9.88. The molecule has 1 aliphatic heterocycles. The molecule has 0 N–H and O–H groups in total. The van der Waals surface area contributed by atoms with Crippen LogP contribution in [0.4, 0.5) is 0 Å². The zero-order valence-corrected chi connectivity index (χ0v) is 12.2. The Kier molecular flexibility index (Phi) is 4.22. The molecule has 1 fully saturated rings. The maximum absolute atomic E-state index is 5.48. The van der Waals surface area contributed by atoms with Gasteiger partial charge in [0.1, 0.15) is 0 Å². The van der Waals surface area contributed by atoms with Crippen LogP contribution in [0.5, 0.6) is 0 Å². The Morgan fingerprint density at radius 3 is 2.65 bits per heavy atom. The Balaban J connectivity index is 1.87. The van der Waals surface area contributed by atoms with Gasteiger partial charge in [-0.05, 0) is 36.0 Å². The van der Waals surface area contributed by atoms with E-state index in [1.54, 1.807) is 0 Å². The zero-order valence-electron chi connectivity index (χ0n) is 12.2. The topological polar surface area (TPSA) is 12.5 Å². The van der Waals surface area contributed by atoms with Crippen molar-refractivity contribution in [3.8, 4) is 0 Å². The number of morpholine rings is 1. The standard InChI is InChI=1S/C18H23NO/c1-15-7-8-18(19-9-11-20-12-10-19)17(13-15)14-16-5-3-2-4-6-16/h2-6,8,14-15H,7,9-13H2,1H3/b17-14+. The molecule has 3 rings (SSSR count). The normalized spacial score (nSPS) is 25.6. The van der Waals surface area contributed by atoms with Crippen molar-refractivity contribution in [2.75, 3.05) is 26.3 Å². The molecule has 2 aliphatic rings. The number of benzene rings is 1. The van der Waals surface area contributed by atoms with Crippen LogP contribution < -0.4 is 0 Å². The highest BCUT2D eigenvalue weighted by molar-refractivity contribution is 5.58. The lowest BCUT2D eigenvalue weighted by molar-refractivity contribution is 0.0539. The third-order valence-corrected chi connectivity index (χ3v) is 4.10. The minimum absolute atomic E-state index is 0.745. The molecule has 0 aromatic heterocycles. The summed E-state index contributed by atoms with van der Waals surface area (Å²) in [6.45, 7) is 6.08. The summed E-state index contributed by atoms with van der Waals surface area (Å²) in [5.41, 5.74) is 4.22. The van der Waals surface area contributed by atoms with Crippen LogP contribution >= 0.6 is 0 Å². The van der Waals surface area contributed by atoms with E-state index in [9.17, 15) is 0 Å². The van der Waals surface area contributed by atoms with Crippen LogP contribution in [0.1, 0.15) is 25.3 Å². The van der Waals surface area contributed by atoms with Crippen molar-refractivity contribution in [1.82, 2.24) is 4.90 Å². The smallest absolute Gasteiger partial charge is 0.0642 e. The lowest BCUT2D eigenvalue weighted by Crippen LogP contribution is -2.37. The summed E-state index contributed by atoms with van der Waals surface area (Å²) >= 11 is 0. The third kappa shape index (κ3) is 3.13. The van der Waals surface area contributed by atoms with Gasteiger partial charge < -0.3 is 9.64 Å². The van der Waals surface area contributed by atoms with Crippen LogP contribution in [-0.2, 0) is 4.74 Å². The Labute approximate surface area is 121 Å². The van der Waals surface area contributed by atoms with Crippen molar-refractivity contribution >= 4 is 6.08 Å². The van der Waals surface area contributed by atoms with E-state index in [2.05, 4.69) is 54.3 Å². The number of hydrogen-bond donors (Lipinski definition) is 0. The van der Waals surface area contributed by atoms with Crippen LogP contribution in [0.25, 0.3) is 6.08 Å². The van der Waals surface area contributed by atoms with Gasteiger partial charge in [-0.15, -0.1) is 0 Å². The molecule has 2 nitrogen and oxygen atoms in total. The Morgan fingerprint density at radius 1 is 1.15 bits per heavy atom. The lowest BCUT2D eigenvalue weighted by Gasteiger charge is -2.35. The van der Waals surface area contributed by atoms with E-state index in [0.717, 1.165) is 32.2 Å². The number of ether oxygens (including phenoxy) is 1. The molecule has 0 bridgehead atoms. The molecule has 0 radical (unpaired) electrons. The Bertz CT molecular complexity index is 497. The number of hydrogen-bond acceptors (Lipinski definition) is 2. The van der Waals surface area contributed by atoms with Crippen molar-refractivity contribution in [2.24, 2.45) is 5.92 Å². The van der Waals surface area contributed by atoms with Crippen molar-refractivity contribution in [2.45, 2.75) is 19.8 Å². The van der Waals surface area contributed by atoms with E-state index in [4.69, 9.17) is 4.74 Å². The number of allylic oxidation sites excluding steroid dienone is 2. The number of rotatable bonds is 2. The van der Waals surface area contributed by atoms with E-state index in [1.807, 2.05) is 0 Å². The second-order valence-electron chi connectivity index (χ2n) is 5.81. The van der Waals surface area contributed by atoms with E-state index in [-0.39, 0.29) is 0 Å². The second-order valence-corrected chi connectivity index (χ2v) is 5.81. The van der Waals surface area contributed by atoms with Gasteiger partial charge in [0.15, 0.2) is 0 Å². The molecule has 2 heteroatoms. The van der Waals surface area contributed by atoms with Gasteiger partial charge in [-0.2, -0.15) is 0 Å². The predicted octanol–water partition coefficient (Wildman–Crippen LogP) is 3.72. The zero-order chi connectivity index (χ0) is 13.8. The van der Waals surface area contributed by atoms with Crippen molar-refractivity contribution in [3.63, 3.8) is 0 Å². The van der Waals surface area contributed by atoms with Crippen molar-refractivity contribution in [1.29, 1.82) is 0 Å². The summed E-state index contributed by atoms with van der Waals surface area (Å²) in [6, 6.07) is 10.7. The molecule has 1 heterocycles. The molecule has 1 aromatic carbocycles. The van der Waals surface area contributed by atoms with Gasteiger partial charge in [0, 0.05) is 18.8 Å². The summed E-state index contributed by atoms with van der Waals surface area (Å²) in [7, 11) is 0. The van der Waals surface area contributed by atoms with Crippen LogP contribution in [0, 0.1) is 5.92 Å². The van der Waals surface area contributed by atoms with E-state index >= 15 is 0 Å². The highest BCUT2D eigenvalue weighted by Crippen LogP contribution is 2.32. The molecule has 1 aromatic rings. The first-order valence-corrected chi connectivity index (χ1v) is 7.62. The number of nitrogens with zero attached hydrogens (tertiary/aromatic N) is 1. The van der Waals surface area contributed by atoms with Crippen LogP contribution in [0.2, 0.25) is 0 Å². The fraction of sp³-hybridized carbons (Fsp3) is 0.444. The molecular weight excluding hydrogens is 246 g/mol. The summed E-state index contributed by atoms with van der Waals surface area (Å²) in [6.07, 6.45) is 7.15. The van der Waals surface area contributed by atoms with E-state index in [0.29, 0.717) is 0 Å². The summed E-state index contributed by atoms with van der Waals surface area (Å²) < 4.78 is 5.48. The Morgan fingerprint density at radius 2 is 1.90 bits per heavy atom. The summed E-state index contributed by atoms with van der Waals surface area (Å²) in [5, 5.41) is 0. The molecule has 0 spiro atoms. The Hall–Kier alpha value is -1.54. The molecule has 1 atom stereocenters.